The fraction of sp³-hybridized carbons (Fsp3) is 0.455. The molecule has 0 aliphatic carbocycles. The second-order valence-corrected chi connectivity index (χ2v) is 9.26. The third-order valence-electron chi connectivity index (χ3n) is 3.09. The van der Waals surface area contributed by atoms with Crippen LogP contribution in [0.15, 0.2) is 24.3 Å². The lowest BCUT2D eigenvalue weighted by Crippen LogP contribution is -2.09. The van der Waals surface area contributed by atoms with Crippen molar-refractivity contribution in [1.29, 1.82) is 0 Å². The van der Waals surface area contributed by atoms with Gasteiger partial charge in [0.15, 0.2) is 0 Å². The Morgan fingerprint density at radius 2 is 1.78 bits per heavy atom. The molecule has 0 aliphatic heterocycles. The van der Waals surface area contributed by atoms with Crippen LogP contribution in [0.4, 0.5) is 5.69 Å². The molecule has 0 aromatic heterocycles. The van der Waals surface area contributed by atoms with E-state index in [9.17, 15) is 29.0 Å². The number of thiol groups is 1. The van der Waals surface area contributed by atoms with Crippen LogP contribution in [0.2, 0.25) is 0 Å². The molecule has 130 valence electrons. The molecule has 0 bridgehead atoms. The topological polar surface area (TPSA) is 158 Å². The lowest BCUT2D eigenvalue weighted by molar-refractivity contribution is -0.384. The van der Waals surface area contributed by atoms with Gasteiger partial charge in [-0.2, -0.15) is 12.6 Å². The smallest absolute Gasteiger partial charge is 0.324 e. The first-order valence-electron chi connectivity index (χ1n) is 6.42. The lowest BCUT2D eigenvalue weighted by atomic mass is 10.1. The Morgan fingerprint density at radius 3 is 2.26 bits per heavy atom. The van der Waals surface area contributed by atoms with Crippen molar-refractivity contribution in [3.8, 4) is 0 Å². The van der Waals surface area contributed by atoms with Gasteiger partial charge in [-0.1, -0.05) is 12.1 Å². The highest BCUT2D eigenvalue weighted by atomic mass is 32.1. The van der Waals surface area contributed by atoms with E-state index in [1.54, 1.807) is 0 Å². The molecule has 0 amide bonds. The van der Waals surface area contributed by atoms with E-state index in [2.05, 4.69) is 12.6 Å². The standard InChI is InChI=1S/C11H17NO8P2S/c13-12(14)9-3-1-2-8(6-9)11(22(18,19)20)5-4-10(23)7-21(15,16)17/h1-3,6,10-11,23H,4-5,7H2,(H2,15,16,17)(H2,18,19,20). The number of nitro groups is 1. The van der Waals surface area contributed by atoms with Crippen LogP contribution in [0.3, 0.4) is 0 Å². The second-order valence-electron chi connectivity index (χ2n) is 5.04. The predicted molar refractivity (Wildman–Crippen MR) is 86.8 cm³/mol. The SMILES string of the molecule is O=[N+]([O-])c1cccc(C(CCC(S)CP(=O)(O)O)P(=O)(O)O)c1. The number of benzene rings is 1. The zero-order valence-corrected chi connectivity index (χ0v) is 14.5. The molecule has 0 radical (unpaired) electrons. The van der Waals surface area contributed by atoms with Crippen molar-refractivity contribution in [2.45, 2.75) is 23.8 Å². The van der Waals surface area contributed by atoms with Crippen molar-refractivity contribution in [1.82, 2.24) is 0 Å². The van der Waals surface area contributed by atoms with Crippen molar-refractivity contribution in [3.63, 3.8) is 0 Å². The van der Waals surface area contributed by atoms with Gasteiger partial charge in [0, 0.05) is 17.4 Å². The molecule has 2 unspecified atom stereocenters. The fourth-order valence-corrected chi connectivity index (χ4v) is 4.64. The third-order valence-corrected chi connectivity index (χ3v) is 6.11. The molecular formula is C11H17NO8P2S. The van der Waals surface area contributed by atoms with Gasteiger partial charge in [0.2, 0.25) is 0 Å². The molecule has 0 aliphatic rings. The van der Waals surface area contributed by atoms with Crippen LogP contribution in [0, 0.1) is 10.1 Å². The van der Waals surface area contributed by atoms with Crippen LogP contribution in [-0.4, -0.2) is 35.9 Å². The summed E-state index contributed by atoms with van der Waals surface area (Å²) in [5, 5.41) is 10.0. The van der Waals surface area contributed by atoms with E-state index in [1.165, 1.54) is 18.2 Å². The fourth-order valence-electron chi connectivity index (χ4n) is 2.09. The molecule has 23 heavy (non-hydrogen) atoms. The highest BCUT2D eigenvalue weighted by molar-refractivity contribution is 7.81. The van der Waals surface area contributed by atoms with Crippen LogP contribution in [0.1, 0.15) is 24.1 Å². The van der Waals surface area contributed by atoms with Crippen molar-refractivity contribution in [3.05, 3.63) is 39.9 Å². The van der Waals surface area contributed by atoms with Gasteiger partial charge in [-0.15, -0.1) is 0 Å². The number of non-ortho nitro benzene ring substituents is 1. The lowest BCUT2D eigenvalue weighted by Gasteiger charge is -2.20. The van der Waals surface area contributed by atoms with Crippen molar-refractivity contribution >= 4 is 33.5 Å². The van der Waals surface area contributed by atoms with E-state index < -0.39 is 37.2 Å². The van der Waals surface area contributed by atoms with E-state index in [0.29, 0.717) is 0 Å². The van der Waals surface area contributed by atoms with Gasteiger partial charge in [-0.05, 0) is 18.4 Å². The van der Waals surface area contributed by atoms with Crippen LogP contribution < -0.4 is 0 Å². The largest absolute Gasteiger partial charge is 0.332 e. The Kier molecular flexibility index (Phi) is 6.97. The average Bonchev–Trinajstić information content (AvgIpc) is 2.35. The van der Waals surface area contributed by atoms with Gasteiger partial charge in [0.05, 0.1) is 16.7 Å². The molecule has 0 saturated carbocycles. The molecule has 12 heteroatoms. The maximum absolute atomic E-state index is 11.7. The first-order valence-corrected chi connectivity index (χ1v) is 10.4. The molecule has 0 saturated heterocycles. The molecule has 4 N–H and O–H groups in total. The molecule has 1 aromatic carbocycles. The number of hydrogen-bond acceptors (Lipinski definition) is 5. The van der Waals surface area contributed by atoms with Gasteiger partial charge < -0.3 is 19.6 Å². The summed E-state index contributed by atoms with van der Waals surface area (Å²) in [7, 11) is -8.88. The molecule has 1 aromatic rings. The third kappa shape index (κ3) is 7.14. The van der Waals surface area contributed by atoms with Crippen molar-refractivity contribution < 1.29 is 33.6 Å². The van der Waals surface area contributed by atoms with Gasteiger partial charge in [0.1, 0.15) is 0 Å². The quantitative estimate of drug-likeness (QED) is 0.197. The molecular weight excluding hydrogens is 368 g/mol. The van der Waals surface area contributed by atoms with Gasteiger partial charge in [-0.3, -0.25) is 19.2 Å². The van der Waals surface area contributed by atoms with E-state index in [1.807, 2.05) is 0 Å². The zero-order valence-electron chi connectivity index (χ0n) is 11.8. The monoisotopic (exact) mass is 385 g/mol. The predicted octanol–water partition coefficient (Wildman–Crippen LogP) is 2.07. The van der Waals surface area contributed by atoms with Crippen LogP contribution >= 0.6 is 27.8 Å². The highest BCUT2D eigenvalue weighted by Crippen LogP contribution is 2.55. The second kappa shape index (κ2) is 7.90. The molecule has 0 spiro atoms. The van der Waals surface area contributed by atoms with Crippen molar-refractivity contribution in [2.75, 3.05) is 6.16 Å². The first-order chi connectivity index (χ1) is 10.4. The zero-order chi connectivity index (χ0) is 17.8. The minimum Gasteiger partial charge on any atom is -0.324 e. The van der Waals surface area contributed by atoms with E-state index in [4.69, 9.17) is 9.79 Å². The summed E-state index contributed by atoms with van der Waals surface area (Å²) in [6.45, 7) is 0. The van der Waals surface area contributed by atoms with Gasteiger partial charge >= 0.3 is 15.2 Å². The van der Waals surface area contributed by atoms with E-state index in [-0.39, 0.29) is 24.1 Å². The number of nitrogens with zero attached hydrogens (tertiary/aromatic N) is 1. The summed E-state index contributed by atoms with van der Waals surface area (Å²) in [6.07, 6.45) is -0.592. The van der Waals surface area contributed by atoms with E-state index in [0.717, 1.165) is 6.07 Å². The molecule has 1 rings (SSSR count). The number of rotatable bonds is 8. The summed E-state index contributed by atoms with van der Waals surface area (Å²) < 4.78 is 22.5. The summed E-state index contributed by atoms with van der Waals surface area (Å²) in [5.41, 5.74) is -1.49. The summed E-state index contributed by atoms with van der Waals surface area (Å²) in [6, 6.07) is 4.98. The Bertz CT molecular complexity index is 657. The minimum atomic E-state index is -4.61. The number of nitro benzene ring substituents is 1. The normalized spacial score (nSPS) is 15.2. The Morgan fingerprint density at radius 1 is 1.17 bits per heavy atom. The van der Waals surface area contributed by atoms with Crippen LogP contribution in [0.5, 0.6) is 0 Å². The van der Waals surface area contributed by atoms with Crippen molar-refractivity contribution in [2.24, 2.45) is 0 Å². The van der Waals surface area contributed by atoms with Gasteiger partial charge in [-0.25, -0.2) is 0 Å². The molecule has 9 nitrogen and oxygen atoms in total. The molecule has 0 fully saturated rings. The number of hydrogen-bond donors (Lipinski definition) is 5. The Labute approximate surface area is 137 Å². The maximum atomic E-state index is 11.7. The highest BCUT2D eigenvalue weighted by Gasteiger charge is 2.32. The summed E-state index contributed by atoms with van der Waals surface area (Å²) >= 11 is 4.01. The first kappa shape index (κ1) is 20.3. The van der Waals surface area contributed by atoms with Crippen LogP contribution in [-0.2, 0) is 9.13 Å². The maximum Gasteiger partial charge on any atom is 0.332 e. The Balaban J connectivity index is 2.95. The molecule has 0 heterocycles. The van der Waals surface area contributed by atoms with E-state index >= 15 is 0 Å². The van der Waals surface area contributed by atoms with Gasteiger partial charge in [0.25, 0.3) is 5.69 Å². The average molecular weight is 385 g/mol. The van der Waals surface area contributed by atoms with Crippen LogP contribution in [0.25, 0.3) is 0 Å². The summed E-state index contributed by atoms with van der Waals surface area (Å²) in [4.78, 5) is 46.7. The Hall–Kier alpha value is -0.730. The molecule has 2 atom stereocenters. The minimum absolute atomic E-state index is 0.0344. The summed E-state index contributed by atoms with van der Waals surface area (Å²) in [5.74, 6) is 0.